The summed E-state index contributed by atoms with van der Waals surface area (Å²) < 4.78 is 0. The molecule has 4 heteroatoms. The summed E-state index contributed by atoms with van der Waals surface area (Å²) in [5.41, 5.74) is -0.821. The fourth-order valence-electron chi connectivity index (χ4n) is 2.35. The van der Waals surface area contributed by atoms with Gasteiger partial charge in [-0.15, -0.1) is 0 Å². The molecule has 0 aromatic rings. The van der Waals surface area contributed by atoms with Gasteiger partial charge in [0.25, 0.3) is 0 Å². The Balaban J connectivity index is 2.65. The molecule has 0 aromatic carbocycles. The molecule has 0 aliphatic heterocycles. The first-order chi connectivity index (χ1) is 7.83. The number of hydrogen-bond donors (Lipinski definition) is 2. The highest BCUT2D eigenvalue weighted by molar-refractivity contribution is 5.69. The van der Waals surface area contributed by atoms with Crippen molar-refractivity contribution in [2.45, 2.75) is 58.1 Å². The van der Waals surface area contributed by atoms with Gasteiger partial charge in [-0.3, -0.25) is 9.69 Å². The first kappa shape index (κ1) is 14.5. The Labute approximate surface area is 104 Å². The van der Waals surface area contributed by atoms with Crippen molar-refractivity contribution in [3.63, 3.8) is 0 Å². The van der Waals surface area contributed by atoms with Gasteiger partial charge in [-0.1, -0.05) is 26.7 Å². The summed E-state index contributed by atoms with van der Waals surface area (Å²) in [6.45, 7) is 6.21. The van der Waals surface area contributed by atoms with Gasteiger partial charge in [-0.2, -0.15) is 0 Å². The second kappa shape index (κ2) is 5.83. The monoisotopic (exact) mass is 243 g/mol. The summed E-state index contributed by atoms with van der Waals surface area (Å²) in [7, 11) is 0. The summed E-state index contributed by atoms with van der Waals surface area (Å²) in [6.07, 6.45) is 4.46. The van der Waals surface area contributed by atoms with E-state index in [-0.39, 0.29) is 12.5 Å². The molecule has 0 amide bonds. The van der Waals surface area contributed by atoms with Crippen LogP contribution in [0.15, 0.2) is 0 Å². The van der Waals surface area contributed by atoms with Crippen molar-refractivity contribution in [2.24, 2.45) is 5.92 Å². The molecule has 4 nitrogen and oxygen atoms in total. The summed E-state index contributed by atoms with van der Waals surface area (Å²) in [5, 5.41) is 19.3. The molecule has 0 aromatic heterocycles. The largest absolute Gasteiger partial charge is 0.480 e. The Hall–Kier alpha value is -0.610. The highest BCUT2D eigenvalue weighted by atomic mass is 16.4. The molecule has 0 bridgehead atoms. The van der Waals surface area contributed by atoms with E-state index < -0.39 is 11.6 Å². The molecule has 1 atom stereocenters. The van der Waals surface area contributed by atoms with Crippen molar-refractivity contribution in [3.05, 3.63) is 0 Å². The fraction of sp³-hybridized carbons (Fsp3) is 0.923. The molecule has 0 saturated heterocycles. The highest BCUT2D eigenvalue weighted by Crippen LogP contribution is 2.26. The van der Waals surface area contributed by atoms with Gasteiger partial charge in [0.2, 0.25) is 0 Å². The third kappa shape index (κ3) is 4.28. The molecular weight excluding hydrogens is 218 g/mol. The lowest BCUT2D eigenvalue weighted by atomic mass is 9.91. The maximum absolute atomic E-state index is 10.9. The number of rotatable bonds is 6. The van der Waals surface area contributed by atoms with Crippen molar-refractivity contribution < 1.29 is 15.0 Å². The molecule has 0 spiro atoms. The van der Waals surface area contributed by atoms with Gasteiger partial charge >= 0.3 is 5.97 Å². The predicted molar refractivity (Wildman–Crippen MR) is 66.9 cm³/mol. The molecule has 17 heavy (non-hydrogen) atoms. The van der Waals surface area contributed by atoms with Crippen LogP contribution in [-0.2, 0) is 4.79 Å². The Morgan fingerprint density at radius 1 is 1.41 bits per heavy atom. The SMILES string of the molecule is CC(C)C(C)(O)CN(CC(=O)O)C1CCCC1. The van der Waals surface area contributed by atoms with E-state index in [1.807, 2.05) is 18.7 Å². The molecule has 1 rings (SSSR count). The number of aliphatic hydroxyl groups is 1. The minimum atomic E-state index is -0.821. The van der Waals surface area contributed by atoms with Crippen LogP contribution in [0.5, 0.6) is 0 Å². The number of nitrogens with zero attached hydrogens (tertiary/aromatic N) is 1. The molecule has 2 N–H and O–H groups in total. The molecule has 100 valence electrons. The minimum Gasteiger partial charge on any atom is -0.480 e. The van der Waals surface area contributed by atoms with Crippen LogP contribution in [0.3, 0.4) is 0 Å². The highest BCUT2D eigenvalue weighted by Gasteiger charge is 2.32. The van der Waals surface area contributed by atoms with Crippen LogP contribution in [0.4, 0.5) is 0 Å². The Bertz CT molecular complexity index is 257. The molecule has 0 heterocycles. The Kier molecular flexibility index (Phi) is 4.95. The second-order valence-electron chi connectivity index (χ2n) is 5.75. The molecule has 1 unspecified atom stereocenters. The maximum atomic E-state index is 10.9. The average molecular weight is 243 g/mol. The third-order valence-electron chi connectivity index (χ3n) is 3.95. The van der Waals surface area contributed by atoms with Crippen LogP contribution in [0.25, 0.3) is 0 Å². The Morgan fingerprint density at radius 2 is 1.94 bits per heavy atom. The topological polar surface area (TPSA) is 60.8 Å². The number of carboxylic acids is 1. The zero-order valence-corrected chi connectivity index (χ0v) is 11.1. The molecule has 1 aliphatic rings. The van der Waals surface area contributed by atoms with Crippen molar-refractivity contribution in [3.8, 4) is 0 Å². The number of hydrogen-bond acceptors (Lipinski definition) is 3. The summed E-state index contributed by atoms with van der Waals surface area (Å²) in [4.78, 5) is 12.8. The lowest BCUT2D eigenvalue weighted by molar-refractivity contribution is -0.140. The van der Waals surface area contributed by atoms with Crippen LogP contribution in [0.2, 0.25) is 0 Å². The first-order valence-corrected chi connectivity index (χ1v) is 6.51. The molecule has 1 fully saturated rings. The van der Waals surface area contributed by atoms with Crippen molar-refractivity contribution in [2.75, 3.05) is 13.1 Å². The number of carbonyl (C=O) groups is 1. The smallest absolute Gasteiger partial charge is 0.317 e. The van der Waals surface area contributed by atoms with Gasteiger partial charge in [0.1, 0.15) is 0 Å². The number of aliphatic carboxylic acids is 1. The lowest BCUT2D eigenvalue weighted by Gasteiger charge is -2.36. The van der Waals surface area contributed by atoms with E-state index in [2.05, 4.69) is 0 Å². The zero-order valence-electron chi connectivity index (χ0n) is 11.1. The average Bonchev–Trinajstić information content (AvgIpc) is 2.67. The molecule has 0 radical (unpaired) electrons. The van der Waals surface area contributed by atoms with E-state index in [1.165, 1.54) is 12.8 Å². The van der Waals surface area contributed by atoms with Crippen molar-refractivity contribution in [1.29, 1.82) is 0 Å². The summed E-state index contributed by atoms with van der Waals surface area (Å²) in [5.74, 6) is -0.684. The van der Waals surface area contributed by atoms with Gasteiger partial charge in [-0.05, 0) is 25.7 Å². The molecular formula is C13H25NO3. The maximum Gasteiger partial charge on any atom is 0.317 e. The van der Waals surface area contributed by atoms with Gasteiger partial charge in [0, 0.05) is 12.6 Å². The van der Waals surface area contributed by atoms with Crippen LogP contribution in [0, 0.1) is 5.92 Å². The summed E-state index contributed by atoms with van der Waals surface area (Å²) >= 11 is 0. The van der Waals surface area contributed by atoms with E-state index in [0.717, 1.165) is 12.8 Å². The zero-order chi connectivity index (χ0) is 13.1. The summed E-state index contributed by atoms with van der Waals surface area (Å²) in [6, 6.07) is 0.330. The molecule has 1 aliphatic carbocycles. The first-order valence-electron chi connectivity index (χ1n) is 6.51. The third-order valence-corrected chi connectivity index (χ3v) is 3.95. The van der Waals surface area contributed by atoms with E-state index in [9.17, 15) is 9.90 Å². The van der Waals surface area contributed by atoms with Crippen LogP contribution < -0.4 is 0 Å². The quantitative estimate of drug-likeness (QED) is 0.745. The van der Waals surface area contributed by atoms with Crippen LogP contribution in [0.1, 0.15) is 46.5 Å². The lowest BCUT2D eigenvalue weighted by Crippen LogP contribution is -2.49. The number of carboxylic acid groups (broad SMARTS) is 1. The Morgan fingerprint density at radius 3 is 2.35 bits per heavy atom. The second-order valence-corrected chi connectivity index (χ2v) is 5.75. The van der Waals surface area contributed by atoms with E-state index >= 15 is 0 Å². The van der Waals surface area contributed by atoms with Crippen molar-refractivity contribution >= 4 is 5.97 Å². The fourth-order valence-corrected chi connectivity index (χ4v) is 2.35. The van der Waals surface area contributed by atoms with E-state index in [0.29, 0.717) is 12.6 Å². The van der Waals surface area contributed by atoms with Gasteiger partial charge in [0.05, 0.1) is 12.1 Å². The minimum absolute atomic E-state index is 0.0353. The van der Waals surface area contributed by atoms with Crippen molar-refractivity contribution in [1.82, 2.24) is 4.90 Å². The predicted octanol–water partition coefficient (Wildman–Crippen LogP) is 1.72. The standard InChI is InChI=1S/C13H25NO3/c1-10(2)13(3,17)9-14(8-12(15)16)11-6-4-5-7-11/h10-11,17H,4-9H2,1-3H3,(H,15,16). The van der Waals surface area contributed by atoms with E-state index in [1.54, 1.807) is 6.92 Å². The van der Waals surface area contributed by atoms with Crippen LogP contribution >= 0.6 is 0 Å². The van der Waals surface area contributed by atoms with Crippen LogP contribution in [-0.4, -0.2) is 45.8 Å². The molecule has 1 saturated carbocycles. The van der Waals surface area contributed by atoms with Gasteiger partial charge < -0.3 is 10.2 Å². The van der Waals surface area contributed by atoms with Gasteiger partial charge in [-0.25, -0.2) is 0 Å². The van der Waals surface area contributed by atoms with Gasteiger partial charge in [0.15, 0.2) is 0 Å². The van der Waals surface area contributed by atoms with E-state index in [4.69, 9.17) is 5.11 Å². The normalized spacial score (nSPS) is 21.1.